The fourth-order valence-electron chi connectivity index (χ4n) is 3.25. The molecule has 2 saturated heterocycles. The third-order valence-corrected chi connectivity index (χ3v) is 4.74. The molecule has 2 fully saturated rings. The molecule has 0 aliphatic carbocycles. The topological polar surface area (TPSA) is 111 Å². The van der Waals surface area contributed by atoms with Crippen molar-refractivity contribution in [1.29, 1.82) is 0 Å². The molecule has 2 aromatic rings. The van der Waals surface area contributed by atoms with Gasteiger partial charge in [-0.15, -0.1) is 0 Å². The zero-order chi connectivity index (χ0) is 20.4. The van der Waals surface area contributed by atoms with E-state index in [0.29, 0.717) is 6.42 Å². The Morgan fingerprint density at radius 2 is 1.03 bits per heavy atom. The molecule has 0 aromatic heterocycles. The minimum Gasteiger partial charge on any atom is -0.392 e. The maximum absolute atomic E-state index is 11.5. The molecule has 2 aliphatic rings. The van der Waals surface area contributed by atoms with E-state index in [9.17, 15) is 19.2 Å². The first kappa shape index (κ1) is 18.7. The molecular weight excluding hydrogens is 376 g/mol. The van der Waals surface area contributed by atoms with Gasteiger partial charge in [-0.3, -0.25) is 9.59 Å². The second kappa shape index (κ2) is 7.75. The van der Waals surface area contributed by atoms with Gasteiger partial charge in [0.05, 0.1) is 12.8 Å². The van der Waals surface area contributed by atoms with Crippen LogP contribution < -0.4 is 10.6 Å². The van der Waals surface area contributed by atoms with Gasteiger partial charge in [-0.25, -0.2) is 9.59 Å². The van der Waals surface area contributed by atoms with Crippen LogP contribution in [-0.4, -0.2) is 36.0 Å². The van der Waals surface area contributed by atoms with Gasteiger partial charge in [-0.2, -0.15) is 0 Å². The lowest BCUT2D eigenvalue weighted by Gasteiger charge is -2.11. The van der Waals surface area contributed by atoms with Crippen molar-refractivity contribution in [2.45, 2.75) is 31.3 Å². The second-order valence-electron chi connectivity index (χ2n) is 6.96. The van der Waals surface area contributed by atoms with Crippen LogP contribution in [0.3, 0.4) is 0 Å². The minimum absolute atomic E-state index is 0.0354. The van der Waals surface area contributed by atoms with Crippen LogP contribution in [0.2, 0.25) is 0 Å². The summed E-state index contributed by atoms with van der Waals surface area (Å²) in [4.78, 5) is 45.3. The van der Waals surface area contributed by atoms with Crippen molar-refractivity contribution in [3.05, 3.63) is 59.7 Å². The fourth-order valence-corrected chi connectivity index (χ4v) is 3.25. The summed E-state index contributed by atoms with van der Waals surface area (Å²) in [5.74, 6) is -2.14. The summed E-state index contributed by atoms with van der Waals surface area (Å²) in [6.45, 7) is 0. The summed E-state index contributed by atoms with van der Waals surface area (Å²) in [5, 5.41) is 5.99. The monoisotopic (exact) mass is 394 g/mol. The summed E-state index contributed by atoms with van der Waals surface area (Å²) in [6.07, 6.45) is 0.774. The number of carbonyl (C=O) groups is 4. The number of hydrogen-bond acceptors (Lipinski definition) is 8. The van der Waals surface area contributed by atoms with Crippen LogP contribution in [-0.2, 0) is 35.1 Å². The molecule has 2 heterocycles. The van der Waals surface area contributed by atoms with Crippen molar-refractivity contribution in [3.63, 3.8) is 0 Å². The Morgan fingerprint density at radius 3 is 1.34 bits per heavy atom. The van der Waals surface area contributed by atoms with E-state index >= 15 is 0 Å². The number of esters is 4. The van der Waals surface area contributed by atoms with Crippen LogP contribution in [0.25, 0.3) is 0 Å². The van der Waals surface area contributed by atoms with E-state index in [1.807, 2.05) is 48.5 Å². The number of carbonyl (C=O) groups excluding carboxylic acids is 4. The number of cyclic esters (lactones) is 4. The maximum atomic E-state index is 11.5. The average molecular weight is 394 g/mol. The summed E-state index contributed by atoms with van der Waals surface area (Å²) in [7, 11) is 0. The molecule has 0 spiro atoms. The highest BCUT2D eigenvalue weighted by Crippen LogP contribution is 2.20. The number of benzene rings is 2. The Morgan fingerprint density at radius 1 is 0.655 bits per heavy atom. The van der Waals surface area contributed by atoms with Gasteiger partial charge >= 0.3 is 23.9 Å². The minimum atomic E-state index is -0.638. The molecular formula is C21H18N2O6. The molecule has 8 nitrogen and oxygen atoms in total. The zero-order valence-electron chi connectivity index (χ0n) is 15.3. The molecule has 0 amide bonds. The third kappa shape index (κ3) is 4.43. The van der Waals surface area contributed by atoms with Crippen LogP contribution in [0, 0.1) is 0 Å². The highest BCUT2D eigenvalue weighted by atomic mass is 16.6. The predicted octanol–water partition coefficient (Wildman–Crippen LogP) is 1.79. The van der Waals surface area contributed by atoms with Crippen molar-refractivity contribution in [1.82, 2.24) is 0 Å². The molecule has 2 aromatic carbocycles. The Hall–Kier alpha value is -3.68. The SMILES string of the molecule is O=C1CC(Nc2ccc(Cc3ccc(NC4CC(=O)OC4=O)cc3)cc2)C(=O)O1. The van der Waals surface area contributed by atoms with Gasteiger partial charge in [-0.1, -0.05) is 24.3 Å². The quantitative estimate of drug-likeness (QED) is 0.564. The van der Waals surface area contributed by atoms with Crippen LogP contribution >= 0.6 is 0 Å². The van der Waals surface area contributed by atoms with Crippen molar-refractivity contribution in [2.24, 2.45) is 0 Å². The number of rotatable bonds is 6. The lowest BCUT2D eigenvalue weighted by molar-refractivity contribution is -0.154. The smallest absolute Gasteiger partial charge is 0.336 e. The Bertz CT molecular complexity index is 888. The first-order valence-corrected chi connectivity index (χ1v) is 9.16. The maximum Gasteiger partial charge on any atom is 0.336 e. The van der Waals surface area contributed by atoms with E-state index < -0.39 is 36.0 Å². The van der Waals surface area contributed by atoms with Gasteiger partial charge in [0.1, 0.15) is 12.1 Å². The first-order valence-electron chi connectivity index (χ1n) is 9.16. The Labute approximate surface area is 166 Å². The normalized spacial score (nSPS) is 21.1. The molecule has 8 heteroatoms. The lowest BCUT2D eigenvalue weighted by Crippen LogP contribution is -2.24. The van der Waals surface area contributed by atoms with Crippen molar-refractivity contribution in [2.75, 3.05) is 10.6 Å². The first-order chi connectivity index (χ1) is 14.0. The predicted molar refractivity (Wildman–Crippen MR) is 102 cm³/mol. The Kier molecular flexibility index (Phi) is 4.99. The van der Waals surface area contributed by atoms with E-state index in [1.54, 1.807) is 0 Å². The Balaban J connectivity index is 1.33. The number of nitrogens with one attached hydrogen (secondary N) is 2. The summed E-state index contributed by atoms with van der Waals surface area (Å²) in [5.41, 5.74) is 3.63. The van der Waals surface area contributed by atoms with E-state index in [-0.39, 0.29) is 12.8 Å². The van der Waals surface area contributed by atoms with Crippen LogP contribution in [0.15, 0.2) is 48.5 Å². The zero-order valence-corrected chi connectivity index (χ0v) is 15.3. The molecule has 2 N–H and O–H groups in total. The summed E-state index contributed by atoms with van der Waals surface area (Å²) in [6, 6.07) is 13.9. The van der Waals surface area contributed by atoms with Crippen molar-refractivity contribution >= 4 is 35.3 Å². The van der Waals surface area contributed by atoms with Gasteiger partial charge in [0, 0.05) is 11.4 Å². The van der Waals surface area contributed by atoms with E-state index in [4.69, 9.17) is 0 Å². The molecule has 0 bridgehead atoms. The van der Waals surface area contributed by atoms with Crippen LogP contribution in [0.4, 0.5) is 11.4 Å². The van der Waals surface area contributed by atoms with Crippen molar-refractivity contribution in [3.8, 4) is 0 Å². The van der Waals surface area contributed by atoms with Crippen LogP contribution in [0.1, 0.15) is 24.0 Å². The van der Waals surface area contributed by atoms with Crippen LogP contribution in [0.5, 0.6) is 0 Å². The van der Waals surface area contributed by atoms with Gasteiger partial charge < -0.3 is 20.1 Å². The lowest BCUT2D eigenvalue weighted by atomic mass is 10.0. The molecule has 2 unspecified atom stereocenters. The number of hydrogen-bond donors (Lipinski definition) is 2. The van der Waals surface area contributed by atoms with Gasteiger partial charge in [0.2, 0.25) is 0 Å². The number of ether oxygens (including phenoxy) is 2. The molecule has 148 valence electrons. The molecule has 0 saturated carbocycles. The largest absolute Gasteiger partial charge is 0.392 e. The van der Waals surface area contributed by atoms with Gasteiger partial charge in [0.15, 0.2) is 0 Å². The highest BCUT2D eigenvalue weighted by Gasteiger charge is 2.34. The standard InChI is InChI=1S/C21H18N2O6/c24-18-10-16(20(26)28-18)22-14-5-1-12(2-6-14)9-13-3-7-15(8-4-13)23-17-11-19(25)29-21(17)27/h1-8,16-17,22-23H,9-11H2. The number of anilines is 2. The molecule has 2 aliphatic heterocycles. The fraction of sp³-hybridized carbons (Fsp3) is 0.238. The second-order valence-corrected chi connectivity index (χ2v) is 6.96. The third-order valence-electron chi connectivity index (χ3n) is 4.74. The summed E-state index contributed by atoms with van der Waals surface area (Å²) < 4.78 is 9.05. The average Bonchev–Trinajstić information content (AvgIpc) is 3.18. The molecule has 0 radical (unpaired) electrons. The molecule has 29 heavy (non-hydrogen) atoms. The molecule has 2 atom stereocenters. The molecule has 4 rings (SSSR count). The van der Waals surface area contributed by atoms with Gasteiger partial charge in [0.25, 0.3) is 0 Å². The van der Waals surface area contributed by atoms with E-state index in [2.05, 4.69) is 20.1 Å². The highest BCUT2D eigenvalue weighted by molar-refractivity contribution is 5.99. The van der Waals surface area contributed by atoms with Gasteiger partial charge in [-0.05, 0) is 41.8 Å². The van der Waals surface area contributed by atoms with Crippen molar-refractivity contribution < 1.29 is 28.7 Å². The van der Waals surface area contributed by atoms with E-state index in [0.717, 1.165) is 22.5 Å². The summed E-state index contributed by atoms with van der Waals surface area (Å²) >= 11 is 0. The van der Waals surface area contributed by atoms with E-state index in [1.165, 1.54) is 0 Å².